The second kappa shape index (κ2) is 6.13. The number of rotatable bonds is 4. The first-order chi connectivity index (χ1) is 12.5. The quantitative estimate of drug-likeness (QED) is 0.541. The summed E-state index contributed by atoms with van der Waals surface area (Å²) < 4.78 is 25.6. The van der Waals surface area contributed by atoms with Crippen LogP contribution in [0.4, 0.5) is 0 Å². The van der Waals surface area contributed by atoms with E-state index in [1.165, 1.54) is 6.07 Å². The molecule has 0 spiro atoms. The van der Waals surface area contributed by atoms with Gasteiger partial charge in [0.15, 0.2) is 11.6 Å². The molecule has 11 heteroatoms. The highest BCUT2D eigenvalue weighted by atomic mass is 32.2. The maximum absolute atomic E-state index is 12.0. The zero-order chi connectivity index (χ0) is 18.1. The molecule has 3 aromatic heterocycles. The van der Waals surface area contributed by atoms with Crippen LogP contribution in [0.3, 0.4) is 0 Å². The van der Waals surface area contributed by atoms with Gasteiger partial charge in [0.25, 0.3) is 0 Å². The van der Waals surface area contributed by atoms with E-state index in [1.807, 2.05) is 0 Å². The lowest BCUT2D eigenvalue weighted by Crippen LogP contribution is -2.14. The monoisotopic (exact) mass is 368 g/mol. The molecule has 130 valence electrons. The summed E-state index contributed by atoms with van der Waals surface area (Å²) >= 11 is 0. The molecule has 1 aromatic carbocycles. The molecule has 0 atom stereocenters. The molecule has 0 bridgehead atoms. The minimum Gasteiger partial charge on any atom is -0.239 e. The third-order valence-electron chi connectivity index (χ3n) is 3.71. The summed E-state index contributed by atoms with van der Waals surface area (Å²) in [5, 5.41) is 22.9. The molecule has 0 aliphatic rings. The van der Waals surface area contributed by atoms with Crippen molar-refractivity contribution in [3.8, 4) is 28.3 Å². The van der Waals surface area contributed by atoms with Gasteiger partial charge in [0.1, 0.15) is 0 Å². The number of aromatic nitrogens is 7. The van der Waals surface area contributed by atoms with Crippen LogP contribution in [-0.2, 0) is 10.0 Å². The largest absolute Gasteiger partial charge is 0.239 e. The van der Waals surface area contributed by atoms with Crippen molar-refractivity contribution in [3.05, 3.63) is 55.0 Å². The van der Waals surface area contributed by atoms with E-state index in [4.69, 9.17) is 5.14 Å². The van der Waals surface area contributed by atoms with Gasteiger partial charge < -0.3 is 0 Å². The Kier molecular flexibility index (Phi) is 3.78. The highest BCUT2D eigenvalue weighted by molar-refractivity contribution is 7.89. The van der Waals surface area contributed by atoms with Gasteiger partial charge >= 0.3 is 0 Å². The molecule has 0 amide bonds. The standard InChI is InChI=1S/C15H12N8O2S/c16-26(24,25)12-4-1-3-11(14(12)15-19-21-22-20-15)10-5-6-13(17-9-10)23-8-2-7-18-23/h1-9H,(H2,16,24,25)(H,19,20,21,22). The Morgan fingerprint density at radius 2 is 2.00 bits per heavy atom. The summed E-state index contributed by atoms with van der Waals surface area (Å²) in [7, 11) is -3.98. The van der Waals surface area contributed by atoms with Crippen LogP contribution in [-0.4, -0.2) is 43.8 Å². The maximum atomic E-state index is 12.0. The van der Waals surface area contributed by atoms with Crippen LogP contribution in [0.15, 0.2) is 59.9 Å². The van der Waals surface area contributed by atoms with E-state index >= 15 is 0 Å². The zero-order valence-electron chi connectivity index (χ0n) is 13.2. The topological polar surface area (TPSA) is 145 Å². The Bertz CT molecular complexity index is 1140. The fourth-order valence-electron chi connectivity index (χ4n) is 2.60. The normalized spacial score (nSPS) is 11.6. The molecule has 26 heavy (non-hydrogen) atoms. The van der Waals surface area contributed by atoms with Crippen LogP contribution >= 0.6 is 0 Å². The van der Waals surface area contributed by atoms with Crippen LogP contribution in [0.1, 0.15) is 0 Å². The number of aromatic amines is 1. The number of pyridine rings is 1. The number of tetrazole rings is 1. The first-order valence-corrected chi connectivity index (χ1v) is 8.95. The summed E-state index contributed by atoms with van der Waals surface area (Å²) in [6.45, 7) is 0. The van der Waals surface area contributed by atoms with E-state index in [2.05, 4.69) is 30.7 Å². The number of H-pyrrole nitrogens is 1. The van der Waals surface area contributed by atoms with E-state index in [0.717, 1.165) is 0 Å². The predicted molar refractivity (Wildman–Crippen MR) is 91.3 cm³/mol. The van der Waals surface area contributed by atoms with Crippen molar-refractivity contribution in [2.24, 2.45) is 5.14 Å². The Morgan fingerprint density at radius 1 is 1.12 bits per heavy atom. The van der Waals surface area contributed by atoms with Crippen LogP contribution in [0.5, 0.6) is 0 Å². The van der Waals surface area contributed by atoms with E-state index in [-0.39, 0.29) is 16.3 Å². The Morgan fingerprint density at radius 3 is 2.62 bits per heavy atom. The first kappa shape index (κ1) is 16.1. The fraction of sp³-hybridized carbons (Fsp3) is 0. The summed E-state index contributed by atoms with van der Waals surface area (Å²) in [5.41, 5.74) is 1.54. The SMILES string of the molecule is NS(=O)(=O)c1cccc(-c2ccc(-n3cccn3)nc2)c1-c1nnn[nH]1. The van der Waals surface area contributed by atoms with Gasteiger partial charge in [-0.25, -0.2) is 28.3 Å². The number of nitrogens with zero attached hydrogens (tertiary/aromatic N) is 6. The average Bonchev–Trinajstić information content (AvgIpc) is 3.34. The number of primary sulfonamides is 1. The Balaban J connectivity index is 1.89. The number of nitrogens with one attached hydrogen (secondary N) is 1. The molecule has 0 saturated heterocycles. The third-order valence-corrected chi connectivity index (χ3v) is 4.67. The molecule has 0 fully saturated rings. The predicted octanol–water partition coefficient (Wildman–Crippen LogP) is 0.762. The molecule has 3 heterocycles. The van der Waals surface area contributed by atoms with Crippen LogP contribution in [0.25, 0.3) is 28.3 Å². The molecule has 3 N–H and O–H groups in total. The van der Waals surface area contributed by atoms with Crippen LogP contribution in [0.2, 0.25) is 0 Å². The number of benzene rings is 1. The summed E-state index contributed by atoms with van der Waals surface area (Å²) in [6, 6.07) is 10.1. The van der Waals surface area contributed by atoms with Gasteiger partial charge in [-0.3, -0.25) is 0 Å². The summed E-state index contributed by atoms with van der Waals surface area (Å²) in [4.78, 5) is 4.29. The van der Waals surface area contributed by atoms with Gasteiger partial charge in [0, 0.05) is 29.7 Å². The first-order valence-electron chi connectivity index (χ1n) is 7.40. The van der Waals surface area contributed by atoms with Gasteiger partial charge in [-0.15, -0.1) is 5.10 Å². The van der Waals surface area contributed by atoms with E-state index in [1.54, 1.807) is 53.6 Å². The lowest BCUT2D eigenvalue weighted by molar-refractivity contribution is 0.598. The molecule has 0 radical (unpaired) electrons. The smallest absolute Gasteiger partial charge is 0.238 e. The Labute approximate surface area is 147 Å². The number of nitrogens with two attached hydrogens (primary N) is 1. The Hall–Kier alpha value is -3.44. The fourth-order valence-corrected chi connectivity index (χ4v) is 3.36. The summed E-state index contributed by atoms with van der Waals surface area (Å²) in [5.74, 6) is 0.824. The minimum atomic E-state index is -3.98. The van der Waals surface area contributed by atoms with Crippen LogP contribution in [0, 0.1) is 0 Å². The molecule has 4 aromatic rings. The van der Waals surface area contributed by atoms with Crippen molar-refractivity contribution in [2.75, 3.05) is 0 Å². The third kappa shape index (κ3) is 2.85. The van der Waals surface area contributed by atoms with Gasteiger partial charge in [0.05, 0.1) is 4.90 Å². The molecule has 0 unspecified atom stereocenters. The molecular formula is C15H12N8O2S. The van der Waals surface area contributed by atoms with E-state index in [0.29, 0.717) is 16.9 Å². The molecular weight excluding hydrogens is 356 g/mol. The number of sulfonamides is 1. The van der Waals surface area contributed by atoms with Crippen molar-refractivity contribution in [1.29, 1.82) is 0 Å². The molecule has 4 rings (SSSR count). The second-order valence-corrected chi connectivity index (χ2v) is 6.86. The van der Waals surface area contributed by atoms with Gasteiger partial charge in [-0.05, 0) is 40.3 Å². The van der Waals surface area contributed by atoms with Crippen molar-refractivity contribution >= 4 is 10.0 Å². The van der Waals surface area contributed by atoms with Gasteiger partial charge in [-0.2, -0.15) is 5.10 Å². The van der Waals surface area contributed by atoms with Crippen molar-refractivity contribution < 1.29 is 8.42 Å². The van der Waals surface area contributed by atoms with Crippen molar-refractivity contribution in [1.82, 2.24) is 35.4 Å². The van der Waals surface area contributed by atoms with Crippen molar-refractivity contribution in [3.63, 3.8) is 0 Å². The van der Waals surface area contributed by atoms with Crippen molar-refractivity contribution in [2.45, 2.75) is 4.90 Å². The molecule has 0 saturated carbocycles. The molecule has 0 aliphatic heterocycles. The highest BCUT2D eigenvalue weighted by Crippen LogP contribution is 2.34. The lowest BCUT2D eigenvalue weighted by atomic mass is 10.0. The highest BCUT2D eigenvalue weighted by Gasteiger charge is 2.22. The van der Waals surface area contributed by atoms with Crippen LogP contribution < -0.4 is 5.14 Å². The second-order valence-electron chi connectivity index (χ2n) is 5.33. The lowest BCUT2D eigenvalue weighted by Gasteiger charge is -2.11. The minimum absolute atomic E-state index is 0.0790. The molecule has 0 aliphatic carbocycles. The number of hydrogen-bond donors (Lipinski definition) is 2. The molecule has 10 nitrogen and oxygen atoms in total. The van der Waals surface area contributed by atoms with Gasteiger partial charge in [-0.1, -0.05) is 12.1 Å². The van der Waals surface area contributed by atoms with E-state index < -0.39 is 10.0 Å². The summed E-state index contributed by atoms with van der Waals surface area (Å²) in [6.07, 6.45) is 5.04. The van der Waals surface area contributed by atoms with Gasteiger partial charge in [0.2, 0.25) is 10.0 Å². The zero-order valence-corrected chi connectivity index (χ0v) is 14.0. The maximum Gasteiger partial charge on any atom is 0.238 e. The average molecular weight is 368 g/mol. The van der Waals surface area contributed by atoms with E-state index in [9.17, 15) is 8.42 Å². The number of hydrogen-bond acceptors (Lipinski definition) is 7.